The molecule has 0 aliphatic rings. The average Bonchev–Trinajstić information content (AvgIpc) is 3.13. The second kappa shape index (κ2) is 16.8. The number of nitrogens with zero attached hydrogens (tertiary/aromatic N) is 2. The highest BCUT2D eigenvalue weighted by Gasteiger charge is 2.09. The normalized spacial score (nSPS) is 10.3. The molecule has 0 fully saturated rings. The summed E-state index contributed by atoms with van der Waals surface area (Å²) in [5.41, 5.74) is 2.62. The number of hydrogen-bond donors (Lipinski definition) is 4. The Bertz CT molecular complexity index is 2150. The van der Waals surface area contributed by atoms with E-state index in [2.05, 4.69) is 10.6 Å². The molecule has 2 aromatic heterocycles. The molecular formula is C39H34N4O7. The van der Waals surface area contributed by atoms with E-state index in [-0.39, 0.29) is 30.7 Å². The molecule has 0 radical (unpaired) electrons. The summed E-state index contributed by atoms with van der Waals surface area (Å²) < 4.78 is 7.98. The van der Waals surface area contributed by atoms with Crippen molar-refractivity contribution in [1.82, 2.24) is 14.5 Å². The molecular weight excluding hydrogens is 636 g/mol. The van der Waals surface area contributed by atoms with Crippen LogP contribution in [0.15, 0.2) is 155 Å². The van der Waals surface area contributed by atoms with Crippen LogP contribution in [0.3, 0.4) is 0 Å². The number of hydrogen-bond acceptors (Lipinski definition) is 7. The molecule has 0 saturated heterocycles. The van der Waals surface area contributed by atoms with Crippen LogP contribution in [0.25, 0.3) is 11.1 Å². The Morgan fingerprint density at radius 3 is 1.64 bits per heavy atom. The summed E-state index contributed by atoms with van der Waals surface area (Å²) in [6.45, 7) is 0.0618. The minimum Gasteiger partial charge on any atom is -0.503 e. The largest absolute Gasteiger partial charge is 0.503 e. The lowest BCUT2D eigenvalue weighted by Gasteiger charge is -2.09. The molecule has 50 heavy (non-hydrogen) atoms. The predicted molar refractivity (Wildman–Crippen MR) is 190 cm³/mol. The fourth-order valence-electron chi connectivity index (χ4n) is 4.74. The fourth-order valence-corrected chi connectivity index (χ4v) is 4.74. The summed E-state index contributed by atoms with van der Waals surface area (Å²) in [7, 11) is 0. The van der Waals surface area contributed by atoms with Gasteiger partial charge in [0.05, 0.1) is 0 Å². The van der Waals surface area contributed by atoms with Gasteiger partial charge in [-0.25, -0.2) is 0 Å². The van der Waals surface area contributed by atoms with E-state index in [4.69, 9.17) is 4.74 Å². The molecule has 0 atom stereocenters. The van der Waals surface area contributed by atoms with E-state index in [1.54, 1.807) is 24.3 Å². The first-order chi connectivity index (χ1) is 24.2. The van der Waals surface area contributed by atoms with Gasteiger partial charge in [-0.1, -0.05) is 72.8 Å². The number of para-hydroxylation sites is 1. The summed E-state index contributed by atoms with van der Waals surface area (Å²) >= 11 is 0. The zero-order valence-corrected chi connectivity index (χ0v) is 26.8. The van der Waals surface area contributed by atoms with Crippen molar-refractivity contribution >= 4 is 17.5 Å². The van der Waals surface area contributed by atoms with Gasteiger partial charge < -0.3 is 34.7 Å². The van der Waals surface area contributed by atoms with Crippen molar-refractivity contribution in [3.8, 4) is 34.1 Å². The Hall–Kier alpha value is -6.88. The summed E-state index contributed by atoms with van der Waals surface area (Å²) in [4.78, 5) is 47.4. The van der Waals surface area contributed by atoms with Gasteiger partial charge >= 0.3 is 0 Å². The van der Waals surface area contributed by atoms with Crippen molar-refractivity contribution < 1.29 is 24.5 Å². The molecule has 11 nitrogen and oxygen atoms in total. The zero-order valence-electron chi connectivity index (χ0n) is 26.8. The first kappa shape index (κ1) is 34.5. The van der Waals surface area contributed by atoms with Crippen molar-refractivity contribution in [1.29, 1.82) is 0 Å². The van der Waals surface area contributed by atoms with Gasteiger partial charge in [-0.05, 0) is 77.4 Å². The van der Waals surface area contributed by atoms with Gasteiger partial charge in [-0.2, -0.15) is 0 Å². The number of pyridine rings is 2. The van der Waals surface area contributed by atoms with Gasteiger partial charge in [0.25, 0.3) is 11.1 Å². The molecule has 2 amide bonds. The van der Waals surface area contributed by atoms with Crippen LogP contribution in [-0.2, 0) is 29.2 Å². The van der Waals surface area contributed by atoms with Crippen LogP contribution in [0.5, 0.6) is 23.0 Å². The van der Waals surface area contributed by atoms with Gasteiger partial charge in [-0.15, -0.1) is 0 Å². The van der Waals surface area contributed by atoms with E-state index in [1.165, 1.54) is 41.2 Å². The third kappa shape index (κ3) is 9.81. The Morgan fingerprint density at radius 2 is 1.06 bits per heavy atom. The molecule has 6 aromatic rings. The highest BCUT2D eigenvalue weighted by atomic mass is 16.5. The van der Waals surface area contributed by atoms with Crippen LogP contribution in [0.2, 0.25) is 0 Å². The van der Waals surface area contributed by atoms with Gasteiger partial charge in [0.1, 0.15) is 24.6 Å². The highest BCUT2D eigenvalue weighted by molar-refractivity contribution is 5.90. The number of amides is 2. The first-order valence-corrected chi connectivity index (χ1v) is 15.6. The Morgan fingerprint density at radius 1 is 0.560 bits per heavy atom. The quantitative estimate of drug-likeness (QED) is 0.150. The summed E-state index contributed by atoms with van der Waals surface area (Å²) in [6, 6.07) is 39.9. The molecule has 2 heterocycles. The van der Waals surface area contributed by atoms with Crippen LogP contribution < -0.4 is 26.5 Å². The maximum absolute atomic E-state index is 12.0. The molecule has 0 saturated carbocycles. The molecule has 6 rings (SSSR count). The van der Waals surface area contributed by atoms with E-state index >= 15 is 0 Å². The molecule has 0 unspecified atom stereocenters. The number of aromatic hydroxyl groups is 2. The lowest BCUT2D eigenvalue weighted by molar-refractivity contribution is -0.122. The third-order valence-corrected chi connectivity index (χ3v) is 7.30. The minimum absolute atomic E-state index is 0.130. The summed E-state index contributed by atoms with van der Waals surface area (Å²) in [6.07, 6.45) is 2.91. The van der Waals surface area contributed by atoms with Crippen LogP contribution in [-0.4, -0.2) is 31.2 Å². The van der Waals surface area contributed by atoms with Crippen molar-refractivity contribution in [3.63, 3.8) is 0 Å². The van der Waals surface area contributed by atoms with Crippen LogP contribution >= 0.6 is 0 Å². The molecule has 0 aliphatic heterocycles. The minimum atomic E-state index is -0.607. The number of rotatable bonds is 10. The van der Waals surface area contributed by atoms with E-state index in [9.17, 15) is 29.4 Å². The second-order valence-corrected chi connectivity index (χ2v) is 11.0. The SMILES string of the molecule is O=C(Cn1cccc(O)c1=O)NCc1ccc(-c2ccccc2)cc1.O=C(Cn1cccc(O)c1=O)Nc1ccc(Oc2ccccc2)cc1. The Kier molecular flexibility index (Phi) is 11.6. The van der Waals surface area contributed by atoms with Gasteiger partial charge in [-0.3, -0.25) is 19.2 Å². The highest BCUT2D eigenvalue weighted by Crippen LogP contribution is 2.23. The van der Waals surface area contributed by atoms with E-state index < -0.39 is 16.9 Å². The van der Waals surface area contributed by atoms with Crippen LogP contribution in [0.1, 0.15) is 5.56 Å². The number of carbonyl (C=O) groups excluding carboxylic acids is 2. The summed E-state index contributed by atoms with van der Waals surface area (Å²) in [5, 5.41) is 24.2. The first-order valence-electron chi connectivity index (χ1n) is 15.6. The molecule has 0 aliphatic carbocycles. The number of nitrogens with one attached hydrogen (secondary N) is 2. The second-order valence-electron chi connectivity index (χ2n) is 11.0. The third-order valence-electron chi connectivity index (χ3n) is 7.30. The van der Waals surface area contributed by atoms with Gasteiger partial charge in [0, 0.05) is 24.6 Å². The maximum Gasteiger partial charge on any atom is 0.293 e. The molecule has 11 heteroatoms. The number of aromatic nitrogens is 2. The van der Waals surface area contributed by atoms with Crippen molar-refractivity contribution in [2.24, 2.45) is 0 Å². The van der Waals surface area contributed by atoms with Crippen molar-refractivity contribution in [3.05, 3.63) is 172 Å². The van der Waals surface area contributed by atoms with E-state index in [0.717, 1.165) is 27.0 Å². The lowest BCUT2D eigenvalue weighted by Crippen LogP contribution is -2.31. The number of anilines is 1. The predicted octanol–water partition coefficient (Wildman–Crippen LogP) is 5.52. The molecule has 4 N–H and O–H groups in total. The lowest BCUT2D eigenvalue weighted by atomic mass is 10.0. The van der Waals surface area contributed by atoms with E-state index in [0.29, 0.717) is 18.0 Å². The summed E-state index contributed by atoms with van der Waals surface area (Å²) in [5.74, 6) is -0.0512. The van der Waals surface area contributed by atoms with E-state index in [1.807, 2.05) is 84.9 Å². The molecule has 252 valence electrons. The topological polar surface area (TPSA) is 152 Å². The zero-order chi connectivity index (χ0) is 35.3. The van der Waals surface area contributed by atoms with Gasteiger partial charge in [0.2, 0.25) is 11.8 Å². The van der Waals surface area contributed by atoms with Crippen LogP contribution in [0, 0.1) is 0 Å². The molecule has 0 spiro atoms. The Labute approximate surface area is 287 Å². The maximum atomic E-state index is 12.0. The Balaban J connectivity index is 0.000000194. The molecule has 4 aromatic carbocycles. The number of carbonyl (C=O) groups is 2. The monoisotopic (exact) mass is 670 g/mol. The number of ether oxygens (including phenoxy) is 1. The fraction of sp³-hybridized carbons (Fsp3) is 0.0769. The number of benzene rings is 4. The molecule has 0 bridgehead atoms. The van der Waals surface area contributed by atoms with Crippen LogP contribution in [0.4, 0.5) is 5.69 Å². The standard InChI is InChI=1S/C20H18N2O3.C19H16N2O4/c23-18-7-4-12-22(20(18)25)14-19(24)21-13-15-8-10-17(11-9-15)16-5-2-1-3-6-16;22-17-7-4-12-21(19(17)24)13-18(23)20-14-8-10-16(11-9-14)25-15-5-2-1-3-6-15/h1-12,23H,13-14H2,(H,21,24);1-12,22H,13H2,(H,20,23). The average molecular weight is 671 g/mol. The van der Waals surface area contributed by atoms with Crippen molar-refractivity contribution in [2.45, 2.75) is 19.6 Å². The van der Waals surface area contributed by atoms with Gasteiger partial charge in [0.15, 0.2) is 11.5 Å². The van der Waals surface area contributed by atoms with Crippen molar-refractivity contribution in [2.75, 3.05) is 5.32 Å². The smallest absolute Gasteiger partial charge is 0.293 e.